The molecule has 0 aliphatic carbocycles. The minimum atomic E-state index is -0.586. The molecule has 2 bridgehead atoms. The Morgan fingerprint density at radius 1 is 1.00 bits per heavy atom. The molecule has 0 aliphatic rings. The van der Waals surface area contributed by atoms with Crippen molar-refractivity contribution in [1.82, 2.24) is 4.57 Å². The van der Waals surface area contributed by atoms with Crippen LogP contribution in [0.25, 0.3) is 11.0 Å². The second-order valence-corrected chi connectivity index (χ2v) is 5.16. The summed E-state index contributed by atoms with van der Waals surface area (Å²) < 4.78 is 1.42. The Labute approximate surface area is 124 Å². The van der Waals surface area contributed by atoms with Crippen LogP contribution in [-0.2, 0) is 0 Å². The maximum Gasteiger partial charge on any atom is 0.262 e. The van der Waals surface area contributed by atoms with Crippen LogP contribution in [0.2, 0.25) is 10.0 Å². The number of nitrogens with two attached hydrogens (primary N) is 1. The number of amides is 1. The molecule has 2 aromatic heterocycles. The van der Waals surface area contributed by atoms with Crippen molar-refractivity contribution in [3.63, 3.8) is 0 Å². The summed E-state index contributed by atoms with van der Waals surface area (Å²) in [4.78, 5) is 23.7. The molecule has 3 rings (SSSR count). The lowest BCUT2D eigenvalue weighted by Gasteiger charge is -2.04. The van der Waals surface area contributed by atoms with Crippen molar-refractivity contribution in [3.8, 4) is 0 Å². The van der Waals surface area contributed by atoms with Crippen LogP contribution in [0.5, 0.6) is 0 Å². The third kappa shape index (κ3) is 1.85. The smallest absolute Gasteiger partial charge is 0.262 e. The van der Waals surface area contributed by atoms with Gasteiger partial charge in [0.2, 0.25) is 5.91 Å². The van der Waals surface area contributed by atoms with Gasteiger partial charge < -0.3 is 5.73 Å². The predicted molar refractivity (Wildman–Crippen MR) is 77.8 cm³/mol. The zero-order chi connectivity index (χ0) is 14.4. The molecular weight excluding hydrogens is 299 g/mol. The Kier molecular flexibility index (Phi) is 2.92. The highest BCUT2D eigenvalue weighted by atomic mass is 35.5. The highest BCUT2D eigenvalue weighted by Crippen LogP contribution is 2.35. The molecule has 4 nitrogen and oxygen atoms in total. The summed E-state index contributed by atoms with van der Waals surface area (Å²) in [5.74, 6) is -0.895. The van der Waals surface area contributed by atoms with Gasteiger partial charge in [-0.05, 0) is 30.3 Å². The van der Waals surface area contributed by atoms with Crippen LogP contribution < -0.4 is 5.73 Å². The van der Waals surface area contributed by atoms with Gasteiger partial charge in [-0.25, -0.2) is 0 Å². The van der Waals surface area contributed by atoms with Gasteiger partial charge in [0, 0.05) is 11.1 Å². The van der Waals surface area contributed by atoms with E-state index in [2.05, 4.69) is 0 Å². The first kappa shape index (κ1) is 13.0. The standard InChI is InChI=1S/C14H8Cl2N2O2/c15-10-5-9-6-11(16)12(10)18(9)14(20)8-3-1-2-7(4-8)13(17)19/h1-6H,(H2,17,19). The van der Waals surface area contributed by atoms with Crippen molar-refractivity contribution < 1.29 is 9.59 Å². The summed E-state index contributed by atoms with van der Waals surface area (Å²) in [6.45, 7) is 0. The fraction of sp³-hybridized carbons (Fsp3) is 0. The van der Waals surface area contributed by atoms with Gasteiger partial charge in [0.1, 0.15) is 0 Å². The lowest BCUT2D eigenvalue weighted by atomic mass is 10.1. The Morgan fingerprint density at radius 3 is 2.15 bits per heavy atom. The van der Waals surface area contributed by atoms with Gasteiger partial charge in [0.25, 0.3) is 5.91 Å². The average molecular weight is 307 g/mol. The summed E-state index contributed by atoms with van der Waals surface area (Å²) in [5, 5.41) is 0.846. The van der Waals surface area contributed by atoms with Crippen molar-refractivity contribution in [1.29, 1.82) is 0 Å². The molecule has 0 saturated heterocycles. The quantitative estimate of drug-likeness (QED) is 0.790. The molecular formula is C14H8Cl2N2O2. The highest BCUT2D eigenvalue weighted by Gasteiger charge is 2.21. The fourth-order valence-corrected chi connectivity index (χ4v) is 2.82. The Hall–Kier alpha value is -2.04. The van der Waals surface area contributed by atoms with Gasteiger partial charge in [0.15, 0.2) is 0 Å². The number of carbonyl (C=O) groups is 2. The minimum absolute atomic E-state index is 0.274. The molecule has 2 heterocycles. The molecule has 2 N–H and O–H groups in total. The van der Waals surface area contributed by atoms with Crippen LogP contribution in [-0.4, -0.2) is 16.4 Å². The van der Waals surface area contributed by atoms with Gasteiger partial charge in [-0.1, -0.05) is 29.3 Å². The second kappa shape index (κ2) is 4.51. The normalized spacial score (nSPS) is 11.1. The Morgan fingerprint density at radius 2 is 1.60 bits per heavy atom. The summed E-state index contributed by atoms with van der Waals surface area (Å²) >= 11 is 12.0. The van der Waals surface area contributed by atoms with Crippen LogP contribution in [0, 0.1) is 0 Å². The van der Waals surface area contributed by atoms with Crippen molar-refractivity contribution in [2.24, 2.45) is 5.73 Å². The van der Waals surface area contributed by atoms with Crippen molar-refractivity contribution in [2.45, 2.75) is 0 Å². The van der Waals surface area contributed by atoms with E-state index in [1.165, 1.54) is 10.6 Å². The Bertz CT molecular complexity index is 812. The van der Waals surface area contributed by atoms with Crippen LogP contribution in [0.15, 0.2) is 36.4 Å². The summed E-state index contributed by atoms with van der Waals surface area (Å²) in [5.41, 5.74) is 6.91. The van der Waals surface area contributed by atoms with Gasteiger partial charge in [0.05, 0.1) is 21.1 Å². The van der Waals surface area contributed by atoms with Gasteiger partial charge in [-0.3, -0.25) is 14.2 Å². The van der Waals surface area contributed by atoms with Crippen molar-refractivity contribution in [2.75, 3.05) is 0 Å². The number of carbonyl (C=O) groups excluding carboxylic acids is 2. The topological polar surface area (TPSA) is 65.1 Å². The van der Waals surface area contributed by atoms with Crippen LogP contribution in [0.1, 0.15) is 20.7 Å². The molecule has 1 aromatic carbocycles. The van der Waals surface area contributed by atoms with E-state index >= 15 is 0 Å². The number of primary amides is 1. The number of hydrogen-bond acceptors (Lipinski definition) is 2. The molecule has 0 radical (unpaired) electrons. The van der Waals surface area contributed by atoms with E-state index < -0.39 is 5.91 Å². The number of aromatic nitrogens is 1. The average Bonchev–Trinajstić information content (AvgIpc) is 2.90. The van der Waals surface area contributed by atoms with E-state index in [4.69, 9.17) is 28.9 Å². The third-order valence-corrected chi connectivity index (χ3v) is 3.66. The van der Waals surface area contributed by atoms with E-state index in [1.807, 2.05) is 0 Å². The number of hydrogen-bond donors (Lipinski definition) is 1. The van der Waals surface area contributed by atoms with Crippen LogP contribution in [0.3, 0.4) is 0 Å². The molecule has 100 valence electrons. The molecule has 3 aromatic rings. The first-order valence-corrected chi connectivity index (χ1v) is 6.48. The largest absolute Gasteiger partial charge is 0.366 e. The number of halogens is 2. The first-order chi connectivity index (χ1) is 9.49. The van der Waals surface area contributed by atoms with E-state index in [0.29, 0.717) is 26.6 Å². The van der Waals surface area contributed by atoms with E-state index in [9.17, 15) is 9.59 Å². The Balaban J connectivity index is 2.13. The molecule has 0 spiro atoms. The zero-order valence-electron chi connectivity index (χ0n) is 10.1. The van der Waals surface area contributed by atoms with Crippen molar-refractivity contribution >= 4 is 46.0 Å². The summed E-state index contributed by atoms with van der Waals surface area (Å²) in [6, 6.07) is 9.54. The van der Waals surface area contributed by atoms with E-state index in [1.54, 1.807) is 30.3 Å². The third-order valence-electron chi connectivity index (χ3n) is 3.08. The monoisotopic (exact) mass is 306 g/mol. The van der Waals surface area contributed by atoms with Crippen molar-refractivity contribution in [3.05, 3.63) is 57.6 Å². The van der Waals surface area contributed by atoms with Gasteiger partial charge in [-0.15, -0.1) is 0 Å². The maximum absolute atomic E-state index is 12.5. The predicted octanol–water partition coefficient (Wildman–Crippen LogP) is 3.17. The lowest BCUT2D eigenvalue weighted by Crippen LogP contribution is -2.14. The van der Waals surface area contributed by atoms with Crippen LogP contribution in [0.4, 0.5) is 0 Å². The number of rotatable bonds is 2. The second-order valence-electron chi connectivity index (χ2n) is 4.34. The van der Waals surface area contributed by atoms with E-state index in [0.717, 1.165) is 0 Å². The number of benzene rings is 2. The molecule has 0 unspecified atom stereocenters. The van der Waals surface area contributed by atoms with Gasteiger partial charge in [-0.2, -0.15) is 0 Å². The number of nitrogens with zero attached hydrogens (tertiary/aromatic N) is 1. The molecule has 6 heteroatoms. The summed E-state index contributed by atoms with van der Waals surface area (Å²) in [7, 11) is 0. The molecule has 0 aliphatic heterocycles. The van der Waals surface area contributed by atoms with Crippen LogP contribution >= 0.6 is 23.2 Å². The lowest BCUT2D eigenvalue weighted by molar-refractivity contribution is 0.0969. The molecule has 0 fully saturated rings. The zero-order valence-corrected chi connectivity index (χ0v) is 11.6. The summed E-state index contributed by atoms with van der Waals surface area (Å²) in [6.07, 6.45) is 0. The first-order valence-electron chi connectivity index (χ1n) is 5.72. The molecule has 0 saturated carbocycles. The fourth-order valence-electron chi connectivity index (χ4n) is 2.18. The van der Waals surface area contributed by atoms with E-state index in [-0.39, 0.29) is 11.5 Å². The molecule has 20 heavy (non-hydrogen) atoms. The molecule has 0 atom stereocenters. The minimum Gasteiger partial charge on any atom is -0.366 e. The van der Waals surface area contributed by atoms with Gasteiger partial charge >= 0.3 is 0 Å². The SMILES string of the molecule is NC(=O)c1cccc(C(=O)n2c3cc(Cl)c2c(Cl)c3)c1. The highest BCUT2D eigenvalue weighted by molar-refractivity contribution is 6.42. The molecule has 1 amide bonds. The maximum atomic E-state index is 12.5. The number of fused-ring (bicyclic) bond motifs is 2.